The number of tetrazole rings is 1. The van der Waals surface area contributed by atoms with Gasteiger partial charge in [-0.05, 0) is 72.7 Å². The number of aromatic nitrogens is 4. The van der Waals surface area contributed by atoms with Crippen LogP contribution in [0.4, 0.5) is 13.2 Å². The SMILES string of the molecule is Cc1cc(SC(CC(C)C)c2nn[nH]n2)cc(C)c1-c1ccc(C(F)(F)F)cc1. The second-order valence-electron chi connectivity index (χ2n) is 7.51. The summed E-state index contributed by atoms with van der Waals surface area (Å²) in [6.45, 7) is 8.27. The second kappa shape index (κ2) is 8.57. The van der Waals surface area contributed by atoms with E-state index in [0.29, 0.717) is 11.7 Å². The highest BCUT2D eigenvalue weighted by Gasteiger charge is 2.30. The molecule has 0 aliphatic rings. The Morgan fingerprint density at radius 2 is 1.66 bits per heavy atom. The van der Waals surface area contributed by atoms with Crippen molar-refractivity contribution in [1.82, 2.24) is 20.6 Å². The number of alkyl halides is 3. The van der Waals surface area contributed by atoms with E-state index in [9.17, 15) is 13.2 Å². The molecule has 3 rings (SSSR count). The molecule has 0 aliphatic heterocycles. The highest BCUT2D eigenvalue weighted by molar-refractivity contribution is 7.99. The molecule has 0 saturated carbocycles. The van der Waals surface area contributed by atoms with Crippen molar-refractivity contribution >= 4 is 11.8 Å². The van der Waals surface area contributed by atoms with Gasteiger partial charge >= 0.3 is 6.18 Å². The second-order valence-corrected chi connectivity index (χ2v) is 8.79. The summed E-state index contributed by atoms with van der Waals surface area (Å²) in [5.74, 6) is 1.14. The summed E-state index contributed by atoms with van der Waals surface area (Å²) in [5.41, 5.74) is 3.14. The molecule has 0 fully saturated rings. The Kier molecular flexibility index (Phi) is 6.31. The van der Waals surface area contributed by atoms with Gasteiger partial charge in [-0.1, -0.05) is 31.2 Å². The van der Waals surface area contributed by atoms with E-state index in [1.54, 1.807) is 11.8 Å². The number of hydrogen-bond donors (Lipinski definition) is 1. The zero-order valence-corrected chi connectivity index (χ0v) is 17.5. The van der Waals surface area contributed by atoms with Gasteiger partial charge in [-0.15, -0.1) is 22.0 Å². The molecule has 154 valence electrons. The Balaban J connectivity index is 1.89. The van der Waals surface area contributed by atoms with Crippen molar-refractivity contribution in [2.75, 3.05) is 0 Å². The number of rotatable bonds is 6. The molecule has 0 radical (unpaired) electrons. The maximum absolute atomic E-state index is 12.8. The molecule has 29 heavy (non-hydrogen) atoms. The third-order valence-corrected chi connectivity index (χ3v) is 5.82. The Labute approximate surface area is 172 Å². The first kappa shape index (κ1) is 21.4. The Morgan fingerprint density at radius 3 is 2.14 bits per heavy atom. The summed E-state index contributed by atoms with van der Waals surface area (Å²) in [4.78, 5) is 1.08. The number of halogens is 3. The maximum atomic E-state index is 12.8. The van der Waals surface area contributed by atoms with Crippen LogP contribution in [0.3, 0.4) is 0 Å². The largest absolute Gasteiger partial charge is 0.416 e. The Hall–Kier alpha value is -2.35. The summed E-state index contributed by atoms with van der Waals surface area (Å²) >= 11 is 1.68. The molecule has 0 bridgehead atoms. The molecule has 1 aromatic heterocycles. The van der Waals surface area contributed by atoms with Gasteiger partial charge in [-0.2, -0.15) is 18.4 Å². The van der Waals surface area contributed by atoms with E-state index in [-0.39, 0.29) is 5.25 Å². The van der Waals surface area contributed by atoms with E-state index in [2.05, 4.69) is 46.6 Å². The van der Waals surface area contributed by atoms with Crippen LogP contribution in [0.15, 0.2) is 41.3 Å². The third-order valence-electron chi connectivity index (χ3n) is 4.62. The lowest BCUT2D eigenvalue weighted by molar-refractivity contribution is -0.137. The molecule has 1 unspecified atom stereocenters. The number of nitrogens with zero attached hydrogens (tertiary/aromatic N) is 3. The molecular formula is C21H23F3N4S. The first-order valence-electron chi connectivity index (χ1n) is 9.34. The number of benzene rings is 2. The number of aromatic amines is 1. The molecule has 1 N–H and O–H groups in total. The Morgan fingerprint density at radius 1 is 1.03 bits per heavy atom. The van der Waals surface area contributed by atoms with Gasteiger partial charge in [0, 0.05) is 4.90 Å². The van der Waals surface area contributed by atoms with Gasteiger partial charge in [-0.25, -0.2) is 0 Å². The van der Waals surface area contributed by atoms with Crippen molar-refractivity contribution in [2.24, 2.45) is 5.92 Å². The van der Waals surface area contributed by atoms with Crippen molar-refractivity contribution in [3.8, 4) is 11.1 Å². The van der Waals surface area contributed by atoms with E-state index >= 15 is 0 Å². The normalized spacial score (nSPS) is 13.1. The predicted octanol–water partition coefficient (Wildman–Crippen LogP) is 6.38. The fraction of sp³-hybridized carbons (Fsp3) is 0.381. The van der Waals surface area contributed by atoms with Crippen LogP contribution in [-0.2, 0) is 6.18 Å². The minimum absolute atomic E-state index is 0.0736. The molecule has 3 aromatic rings. The molecule has 1 atom stereocenters. The summed E-state index contributed by atoms with van der Waals surface area (Å²) in [6.07, 6.45) is -3.42. The van der Waals surface area contributed by atoms with Gasteiger partial charge in [0.1, 0.15) is 0 Å². The van der Waals surface area contributed by atoms with E-state index < -0.39 is 11.7 Å². The highest BCUT2D eigenvalue weighted by Crippen LogP contribution is 2.41. The van der Waals surface area contributed by atoms with Crippen LogP contribution in [0.25, 0.3) is 11.1 Å². The van der Waals surface area contributed by atoms with E-state index in [4.69, 9.17) is 0 Å². The van der Waals surface area contributed by atoms with Crippen LogP contribution in [0.1, 0.15) is 48.0 Å². The van der Waals surface area contributed by atoms with Gasteiger partial charge in [0.05, 0.1) is 10.8 Å². The minimum atomic E-state index is -4.33. The fourth-order valence-electron chi connectivity index (χ4n) is 3.38. The summed E-state index contributed by atoms with van der Waals surface area (Å²) < 4.78 is 38.5. The molecule has 4 nitrogen and oxygen atoms in total. The lowest BCUT2D eigenvalue weighted by atomic mass is 9.95. The fourth-order valence-corrected chi connectivity index (χ4v) is 4.88. The van der Waals surface area contributed by atoms with Crippen molar-refractivity contribution in [2.45, 2.75) is 50.4 Å². The van der Waals surface area contributed by atoms with E-state index in [1.165, 1.54) is 12.1 Å². The average Bonchev–Trinajstić information content (AvgIpc) is 3.14. The maximum Gasteiger partial charge on any atom is 0.416 e. The first-order valence-corrected chi connectivity index (χ1v) is 10.2. The summed E-state index contributed by atoms with van der Waals surface area (Å²) in [7, 11) is 0. The van der Waals surface area contributed by atoms with Crippen LogP contribution >= 0.6 is 11.8 Å². The van der Waals surface area contributed by atoms with Crippen LogP contribution in [0.5, 0.6) is 0 Å². The number of aryl methyl sites for hydroxylation is 2. The smallest absolute Gasteiger partial charge is 0.177 e. The quantitative estimate of drug-likeness (QED) is 0.470. The van der Waals surface area contributed by atoms with Gasteiger partial charge < -0.3 is 0 Å². The zero-order valence-electron chi connectivity index (χ0n) is 16.7. The molecular weight excluding hydrogens is 397 g/mol. The van der Waals surface area contributed by atoms with Crippen molar-refractivity contribution < 1.29 is 13.2 Å². The monoisotopic (exact) mass is 420 g/mol. The lowest BCUT2D eigenvalue weighted by Crippen LogP contribution is -2.04. The minimum Gasteiger partial charge on any atom is -0.177 e. The van der Waals surface area contributed by atoms with Crippen LogP contribution in [0.2, 0.25) is 0 Å². The molecule has 0 aliphatic carbocycles. The Bertz CT molecular complexity index is 928. The number of hydrogen-bond acceptors (Lipinski definition) is 4. The molecule has 2 aromatic carbocycles. The summed E-state index contributed by atoms with van der Waals surface area (Å²) in [6, 6.07) is 9.46. The van der Waals surface area contributed by atoms with E-state index in [0.717, 1.165) is 45.7 Å². The van der Waals surface area contributed by atoms with E-state index in [1.807, 2.05) is 13.8 Å². The first-order chi connectivity index (χ1) is 13.6. The van der Waals surface area contributed by atoms with Gasteiger partial charge in [-0.3, -0.25) is 0 Å². The predicted molar refractivity (Wildman–Crippen MR) is 109 cm³/mol. The topological polar surface area (TPSA) is 54.5 Å². The lowest BCUT2D eigenvalue weighted by Gasteiger charge is -2.18. The number of H-pyrrole nitrogens is 1. The molecule has 0 amide bonds. The van der Waals surface area contributed by atoms with Crippen molar-refractivity contribution in [3.63, 3.8) is 0 Å². The molecule has 0 spiro atoms. The van der Waals surface area contributed by atoms with Gasteiger partial charge in [0.15, 0.2) is 5.82 Å². The molecule has 1 heterocycles. The van der Waals surface area contributed by atoms with Crippen LogP contribution < -0.4 is 0 Å². The van der Waals surface area contributed by atoms with Gasteiger partial charge in [0.25, 0.3) is 0 Å². The highest BCUT2D eigenvalue weighted by atomic mass is 32.2. The third kappa shape index (κ3) is 5.18. The molecule has 0 saturated heterocycles. The zero-order chi connectivity index (χ0) is 21.2. The standard InChI is InChI=1S/C21H23F3N4S/c1-12(2)9-18(20-25-27-28-26-20)29-17-10-13(3)19(14(4)11-17)15-5-7-16(8-6-15)21(22,23)24/h5-8,10-12,18H,9H2,1-4H3,(H,25,26,27,28). The summed E-state index contributed by atoms with van der Waals surface area (Å²) in [5, 5.41) is 14.6. The van der Waals surface area contributed by atoms with Crippen molar-refractivity contribution in [1.29, 1.82) is 0 Å². The van der Waals surface area contributed by atoms with Crippen molar-refractivity contribution in [3.05, 3.63) is 58.9 Å². The average molecular weight is 421 g/mol. The molecule has 8 heteroatoms. The van der Waals surface area contributed by atoms with Crippen LogP contribution in [-0.4, -0.2) is 20.6 Å². The van der Waals surface area contributed by atoms with Gasteiger partial charge in [0.2, 0.25) is 0 Å². The van der Waals surface area contributed by atoms with Crippen LogP contribution in [0, 0.1) is 19.8 Å². The number of nitrogens with one attached hydrogen (secondary N) is 1. The number of thioether (sulfide) groups is 1.